The van der Waals surface area contributed by atoms with Crippen LogP contribution in [0, 0.1) is 20.8 Å². The van der Waals surface area contributed by atoms with Crippen LogP contribution in [0.15, 0.2) is 42.5 Å². The third kappa shape index (κ3) is 5.62. The van der Waals surface area contributed by atoms with E-state index in [1.54, 1.807) is 24.1 Å². The van der Waals surface area contributed by atoms with E-state index < -0.39 is 0 Å². The Labute approximate surface area is 155 Å². The van der Waals surface area contributed by atoms with Gasteiger partial charge in [-0.3, -0.25) is 9.59 Å². The predicted molar refractivity (Wildman–Crippen MR) is 103 cm³/mol. The van der Waals surface area contributed by atoms with Crippen LogP contribution in [-0.4, -0.2) is 43.5 Å². The van der Waals surface area contributed by atoms with E-state index >= 15 is 0 Å². The summed E-state index contributed by atoms with van der Waals surface area (Å²) in [4.78, 5) is 25.9. The van der Waals surface area contributed by atoms with Gasteiger partial charge in [-0.1, -0.05) is 24.3 Å². The fourth-order valence-electron chi connectivity index (χ4n) is 2.66. The summed E-state index contributed by atoms with van der Waals surface area (Å²) in [6, 6.07) is 13.3. The molecule has 5 nitrogen and oxygen atoms in total. The molecule has 0 aromatic heterocycles. The molecule has 0 saturated carbocycles. The number of aryl methyl sites for hydroxylation is 3. The second kappa shape index (κ2) is 9.04. The van der Waals surface area contributed by atoms with Crippen LogP contribution in [0.3, 0.4) is 0 Å². The van der Waals surface area contributed by atoms with Crippen LogP contribution in [0.5, 0.6) is 5.75 Å². The molecule has 2 rings (SSSR count). The number of nitrogens with zero attached hydrogens (tertiary/aromatic N) is 1. The topological polar surface area (TPSA) is 58.6 Å². The lowest BCUT2D eigenvalue weighted by Crippen LogP contribution is -2.39. The summed E-state index contributed by atoms with van der Waals surface area (Å²) in [5, 5.41) is 2.67. The number of carbonyl (C=O) groups is 2. The number of ether oxygens (including phenoxy) is 1. The molecule has 2 amide bonds. The monoisotopic (exact) mass is 354 g/mol. The lowest BCUT2D eigenvalue weighted by molar-refractivity contribution is -0.129. The van der Waals surface area contributed by atoms with Crippen molar-refractivity contribution >= 4 is 11.8 Å². The van der Waals surface area contributed by atoms with E-state index in [0.29, 0.717) is 18.7 Å². The van der Waals surface area contributed by atoms with Crippen LogP contribution < -0.4 is 10.1 Å². The van der Waals surface area contributed by atoms with Crippen molar-refractivity contribution in [3.8, 4) is 5.75 Å². The Balaban J connectivity index is 1.77. The molecular formula is C21H26N2O3. The van der Waals surface area contributed by atoms with Gasteiger partial charge >= 0.3 is 0 Å². The zero-order chi connectivity index (χ0) is 19.1. The van der Waals surface area contributed by atoms with Crippen LogP contribution in [0.25, 0.3) is 0 Å². The van der Waals surface area contributed by atoms with Gasteiger partial charge in [-0.15, -0.1) is 0 Å². The SMILES string of the molecule is Cc1cc(C)cc(OCCN(C)C(=O)CNC(=O)c2ccccc2C)c1. The normalized spacial score (nSPS) is 10.3. The third-order valence-electron chi connectivity index (χ3n) is 4.11. The van der Waals surface area contributed by atoms with Crippen molar-refractivity contribution in [1.29, 1.82) is 0 Å². The number of hydrogen-bond acceptors (Lipinski definition) is 3. The number of likely N-dealkylation sites (N-methyl/N-ethyl adjacent to an activating group) is 1. The fourth-order valence-corrected chi connectivity index (χ4v) is 2.66. The molecule has 0 aliphatic rings. The summed E-state index contributed by atoms with van der Waals surface area (Å²) in [6.45, 7) is 6.72. The largest absolute Gasteiger partial charge is 0.492 e. The van der Waals surface area contributed by atoms with E-state index in [-0.39, 0.29) is 18.4 Å². The van der Waals surface area contributed by atoms with Crippen molar-refractivity contribution in [2.75, 3.05) is 26.7 Å². The van der Waals surface area contributed by atoms with E-state index in [4.69, 9.17) is 4.74 Å². The van der Waals surface area contributed by atoms with Crippen molar-refractivity contribution in [2.24, 2.45) is 0 Å². The summed E-state index contributed by atoms with van der Waals surface area (Å²) < 4.78 is 5.72. The minimum atomic E-state index is -0.240. The molecule has 0 heterocycles. The molecule has 0 saturated heterocycles. The molecule has 0 radical (unpaired) electrons. The maximum Gasteiger partial charge on any atom is 0.251 e. The van der Waals surface area contributed by atoms with E-state index in [1.165, 1.54) is 0 Å². The van der Waals surface area contributed by atoms with E-state index in [2.05, 4.69) is 11.4 Å². The van der Waals surface area contributed by atoms with Gasteiger partial charge in [-0.2, -0.15) is 0 Å². The highest BCUT2D eigenvalue weighted by Crippen LogP contribution is 2.16. The Morgan fingerprint density at radius 3 is 2.35 bits per heavy atom. The second-order valence-corrected chi connectivity index (χ2v) is 6.48. The number of rotatable bonds is 7. The Bertz CT molecular complexity index is 766. The van der Waals surface area contributed by atoms with Gasteiger partial charge in [0.15, 0.2) is 0 Å². The molecule has 0 aliphatic heterocycles. The number of nitrogens with one attached hydrogen (secondary N) is 1. The smallest absolute Gasteiger partial charge is 0.251 e. The first-order valence-electron chi connectivity index (χ1n) is 8.65. The van der Waals surface area contributed by atoms with Crippen molar-refractivity contribution in [1.82, 2.24) is 10.2 Å². The zero-order valence-corrected chi connectivity index (χ0v) is 15.8. The highest BCUT2D eigenvalue weighted by Gasteiger charge is 2.13. The minimum absolute atomic E-state index is 0.0345. The quantitative estimate of drug-likeness (QED) is 0.832. The third-order valence-corrected chi connectivity index (χ3v) is 4.11. The van der Waals surface area contributed by atoms with Gasteiger partial charge in [-0.05, 0) is 55.7 Å². The highest BCUT2D eigenvalue weighted by molar-refractivity contribution is 5.97. The molecule has 0 bridgehead atoms. The van der Waals surface area contributed by atoms with Crippen LogP contribution in [0.1, 0.15) is 27.0 Å². The van der Waals surface area contributed by atoms with Gasteiger partial charge in [0.05, 0.1) is 13.1 Å². The van der Waals surface area contributed by atoms with Crippen LogP contribution in [-0.2, 0) is 4.79 Å². The van der Waals surface area contributed by atoms with Crippen LogP contribution in [0.2, 0.25) is 0 Å². The first kappa shape index (κ1) is 19.5. The van der Waals surface area contributed by atoms with Gasteiger partial charge in [0.2, 0.25) is 5.91 Å². The molecule has 2 aromatic rings. The molecule has 0 atom stereocenters. The van der Waals surface area contributed by atoms with Gasteiger partial charge in [0.25, 0.3) is 5.91 Å². The average Bonchev–Trinajstić information content (AvgIpc) is 2.58. The molecule has 1 N–H and O–H groups in total. The summed E-state index contributed by atoms with van der Waals surface area (Å²) >= 11 is 0. The standard InChI is InChI=1S/C21H26N2O3/c1-15-11-16(2)13-18(12-15)26-10-9-23(4)20(24)14-22-21(25)19-8-6-5-7-17(19)3/h5-8,11-13H,9-10,14H2,1-4H3,(H,22,25). The summed E-state index contributed by atoms with van der Waals surface area (Å²) in [5.41, 5.74) is 3.75. The first-order chi connectivity index (χ1) is 12.4. The molecule has 0 fully saturated rings. The molecule has 2 aromatic carbocycles. The number of amides is 2. The van der Waals surface area contributed by atoms with Crippen molar-refractivity contribution < 1.29 is 14.3 Å². The van der Waals surface area contributed by atoms with Gasteiger partial charge in [0.1, 0.15) is 12.4 Å². The van der Waals surface area contributed by atoms with Crippen molar-refractivity contribution in [3.63, 3.8) is 0 Å². The highest BCUT2D eigenvalue weighted by atomic mass is 16.5. The number of carbonyl (C=O) groups excluding carboxylic acids is 2. The fraction of sp³-hybridized carbons (Fsp3) is 0.333. The van der Waals surface area contributed by atoms with Crippen molar-refractivity contribution in [2.45, 2.75) is 20.8 Å². The van der Waals surface area contributed by atoms with Gasteiger partial charge < -0.3 is 15.0 Å². The lowest BCUT2D eigenvalue weighted by Gasteiger charge is -2.18. The van der Waals surface area contributed by atoms with Gasteiger partial charge in [0, 0.05) is 12.6 Å². The Morgan fingerprint density at radius 2 is 1.69 bits per heavy atom. The average molecular weight is 354 g/mol. The Morgan fingerprint density at radius 1 is 1.04 bits per heavy atom. The van der Waals surface area contributed by atoms with Crippen LogP contribution >= 0.6 is 0 Å². The molecular weight excluding hydrogens is 328 g/mol. The minimum Gasteiger partial charge on any atom is -0.492 e. The molecule has 138 valence electrons. The summed E-state index contributed by atoms with van der Waals surface area (Å²) in [5.74, 6) is 0.406. The summed E-state index contributed by atoms with van der Waals surface area (Å²) in [7, 11) is 1.70. The maximum absolute atomic E-state index is 12.2. The number of hydrogen-bond donors (Lipinski definition) is 1. The Kier molecular flexibility index (Phi) is 6.78. The molecule has 0 spiro atoms. The first-order valence-corrected chi connectivity index (χ1v) is 8.65. The van der Waals surface area contributed by atoms with Crippen LogP contribution in [0.4, 0.5) is 0 Å². The molecule has 0 unspecified atom stereocenters. The zero-order valence-electron chi connectivity index (χ0n) is 15.8. The van der Waals surface area contributed by atoms with Gasteiger partial charge in [-0.25, -0.2) is 0 Å². The molecule has 26 heavy (non-hydrogen) atoms. The summed E-state index contributed by atoms with van der Waals surface area (Å²) in [6.07, 6.45) is 0. The molecule has 5 heteroatoms. The van der Waals surface area contributed by atoms with E-state index in [9.17, 15) is 9.59 Å². The number of benzene rings is 2. The Hall–Kier alpha value is -2.82. The maximum atomic E-state index is 12.2. The molecule has 0 aliphatic carbocycles. The van der Waals surface area contributed by atoms with E-state index in [0.717, 1.165) is 22.4 Å². The lowest BCUT2D eigenvalue weighted by atomic mass is 10.1. The van der Waals surface area contributed by atoms with E-state index in [1.807, 2.05) is 45.0 Å². The second-order valence-electron chi connectivity index (χ2n) is 6.48. The predicted octanol–water partition coefficient (Wildman–Crippen LogP) is 2.88. The van der Waals surface area contributed by atoms with Crippen molar-refractivity contribution in [3.05, 3.63) is 64.7 Å².